The summed E-state index contributed by atoms with van der Waals surface area (Å²) in [7, 11) is 0. The second-order valence-corrected chi connectivity index (χ2v) is 2.82. The number of carboxylic acids is 1. The van der Waals surface area contributed by atoms with Crippen LogP contribution in [0.15, 0.2) is 0 Å². The molecule has 0 bridgehead atoms. The van der Waals surface area contributed by atoms with Crippen molar-refractivity contribution in [1.82, 2.24) is 0 Å². The van der Waals surface area contributed by atoms with Crippen LogP contribution in [0, 0.1) is 5.92 Å². The highest BCUT2D eigenvalue weighted by Gasteiger charge is 2.30. The van der Waals surface area contributed by atoms with Crippen molar-refractivity contribution in [2.45, 2.75) is 18.9 Å². The molecule has 0 aromatic rings. The van der Waals surface area contributed by atoms with Gasteiger partial charge in [0.2, 0.25) is 0 Å². The van der Waals surface area contributed by atoms with E-state index in [4.69, 9.17) is 15.6 Å². The molecule has 1 fully saturated rings. The average molecular weight is 159 g/mol. The van der Waals surface area contributed by atoms with Gasteiger partial charge in [-0.05, 0) is 25.3 Å². The van der Waals surface area contributed by atoms with Gasteiger partial charge in [0.25, 0.3) is 0 Å². The Kier molecular flexibility index (Phi) is 2.84. The Hall–Kier alpha value is -0.610. The summed E-state index contributed by atoms with van der Waals surface area (Å²) in [4.78, 5) is 10.1. The van der Waals surface area contributed by atoms with Gasteiger partial charge < -0.3 is 15.6 Å². The fraction of sp³-hybridized carbons (Fsp3) is 0.857. The van der Waals surface area contributed by atoms with E-state index in [-0.39, 0.29) is 12.7 Å². The van der Waals surface area contributed by atoms with Crippen molar-refractivity contribution < 1.29 is 14.6 Å². The van der Waals surface area contributed by atoms with E-state index in [9.17, 15) is 4.79 Å². The highest BCUT2D eigenvalue weighted by atomic mass is 16.5. The summed E-state index contributed by atoms with van der Waals surface area (Å²) in [6, 6.07) is 0. The number of aliphatic carboxylic acids is 1. The monoisotopic (exact) mass is 159 g/mol. The second-order valence-electron chi connectivity index (χ2n) is 2.82. The van der Waals surface area contributed by atoms with Crippen molar-refractivity contribution >= 4 is 5.97 Å². The minimum atomic E-state index is -0.910. The maximum atomic E-state index is 10.1. The van der Waals surface area contributed by atoms with Gasteiger partial charge in [-0.3, -0.25) is 0 Å². The highest BCUT2D eigenvalue weighted by molar-refractivity contribution is 5.68. The third-order valence-corrected chi connectivity index (χ3v) is 2.07. The predicted molar refractivity (Wildman–Crippen MR) is 39.2 cm³/mol. The van der Waals surface area contributed by atoms with Gasteiger partial charge in [0.15, 0.2) is 0 Å². The Morgan fingerprint density at radius 1 is 1.64 bits per heavy atom. The Bertz CT molecular complexity index is 147. The molecule has 0 unspecified atom stereocenters. The molecule has 0 saturated heterocycles. The van der Waals surface area contributed by atoms with E-state index >= 15 is 0 Å². The standard InChI is InChI=1S/C7H13NO3/c8-3-5-1-2-6(5)11-4-7(9)10/h5-6H,1-4,8H2,(H,9,10)/t5-,6-/m1/s1. The maximum absolute atomic E-state index is 10.1. The van der Waals surface area contributed by atoms with Crippen LogP contribution in [0.25, 0.3) is 0 Å². The molecule has 1 aliphatic carbocycles. The topological polar surface area (TPSA) is 72.5 Å². The van der Waals surface area contributed by atoms with Gasteiger partial charge in [0.1, 0.15) is 6.61 Å². The molecule has 11 heavy (non-hydrogen) atoms. The molecular formula is C7H13NO3. The molecule has 4 heteroatoms. The Morgan fingerprint density at radius 3 is 2.73 bits per heavy atom. The second kappa shape index (κ2) is 3.69. The van der Waals surface area contributed by atoms with Crippen LogP contribution in [-0.4, -0.2) is 30.3 Å². The first kappa shape index (κ1) is 8.49. The molecule has 0 aliphatic heterocycles. The van der Waals surface area contributed by atoms with Gasteiger partial charge in [-0.2, -0.15) is 0 Å². The molecule has 2 atom stereocenters. The number of rotatable bonds is 4. The number of hydrogen-bond donors (Lipinski definition) is 2. The summed E-state index contributed by atoms with van der Waals surface area (Å²) in [5.41, 5.74) is 5.40. The molecule has 1 aliphatic rings. The summed E-state index contributed by atoms with van der Waals surface area (Å²) in [5.74, 6) is -0.526. The molecule has 0 heterocycles. The predicted octanol–water partition coefficient (Wildman–Crippen LogP) is -0.175. The quantitative estimate of drug-likeness (QED) is 0.597. The first-order chi connectivity index (χ1) is 5.24. The molecule has 0 radical (unpaired) electrons. The number of carboxylic acid groups (broad SMARTS) is 1. The van der Waals surface area contributed by atoms with Gasteiger partial charge in [-0.1, -0.05) is 0 Å². The number of ether oxygens (including phenoxy) is 1. The lowest BCUT2D eigenvalue weighted by Crippen LogP contribution is -2.39. The van der Waals surface area contributed by atoms with Gasteiger partial charge in [0.05, 0.1) is 6.10 Å². The van der Waals surface area contributed by atoms with Crippen LogP contribution < -0.4 is 5.73 Å². The first-order valence-corrected chi connectivity index (χ1v) is 3.77. The molecule has 3 N–H and O–H groups in total. The minimum absolute atomic E-state index is 0.0936. The lowest BCUT2D eigenvalue weighted by molar-refractivity contribution is -0.148. The van der Waals surface area contributed by atoms with Crippen LogP contribution in [0.2, 0.25) is 0 Å². The van der Waals surface area contributed by atoms with E-state index in [1.54, 1.807) is 0 Å². The van der Waals surface area contributed by atoms with Crippen molar-refractivity contribution in [3.8, 4) is 0 Å². The molecule has 4 nitrogen and oxygen atoms in total. The van der Waals surface area contributed by atoms with E-state index in [0.29, 0.717) is 12.5 Å². The molecule has 0 amide bonds. The lowest BCUT2D eigenvalue weighted by atomic mass is 9.82. The van der Waals surface area contributed by atoms with Crippen molar-refractivity contribution in [1.29, 1.82) is 0 Å². The molecule has 64 valence electrons. The summed E-state index contributed by atoms with van der Waals surface area (Å²) in [6.07, 6.45) is 2.12. The van der Waals surface area contributed by atoms with Crippen LogP contribution in [0.3, 0.4) is 0 Å². The third-order valence-electron chi connectivity index (χ3n) is 2.07. The average Bonchev–Trinajstić information content (AvgIpc) is 1.86. The lowest BCUT2D eigenvalue weighted by Gasteiger charge is -2.34. The Morgan fingerprint density at radius 2 is 2.36 bits per heavy atom. The zero-order valence-electron chi connectivity index (χ0n) is 6.32. The zero-order valence-corrected chi connectivity index (χ0v) is 6.32. The minimum Gasteiger partial charge on any atom is -0.480 e. The first-order valence-electron chi connectivity index (χ1n) is 3.77. The van der Waals surface area contributed by atoms with Crippen molar-refractivity contribution in [2.24, 2.45) is 11.7 Å². The summed E-state index contributed by atoms with van der Waals surface area (Å²) < 4.78 is 5.06. The molecular weight excluding hydrogens is 146 g/mol. The summed E-state index contributed by atoms with van der Waals surface area (Å²) >= 11 is 0. The summed E-state index contributed by atoms with van der Waals surface area (Å²) in [5, 5.41) is 8.28. The van der Waals surface area contributed by atoms with Crippen LogP contribution in [0.4, 0.5) is 0 Å². The summed E-state index contributed by atoms with van der Waals surface area (Å²) in [6.45, 7) is 0.408. The van der Waals surface area contributed by atoms with Gasteiger partial charge in [0, 0.05) is 0 Å². The van der Waals surface area contributed by atoms with E-state index < -0.39 is 5.97 Å². The van der Waals surface area contributed by atoms with Crippen LogP contribution >= 0.6 is 0 Å². The van der Waals surface area contributed by atoms with E-state index in [0.717, 1.165) is 12.8 Å². The highest BCUT2D eigenvalue weighted by Crippen LogP contribution is 2.28. The van der Waals surface area contributed by atoms with Crippen LogP contribution in [0.5, 0.6) is 0 Å². The number of carbonyl (C=O) groups is 1. The number of nitrogens with two attached hydrogens (primary N) is 1. The van der Waals surface area contributed by atoms with E-state index in [2.05, 4.69) is 0 Å². The van der Waals surface area contributed by atoms with Crippen molar-refractivity contribution in [3.63, 3.8) is 0 Å². The third kappa shape index (κ3) is 2.17. The number of hydrogen-bond acceptors (Lipinski definition) is 3. The molecule has 1 saturated carbocycles. The molecule has 0 aromatic heterocycles. The van der Waals surface area contributed by atoms with Gasteiger partial charge in [-0.15, -0.1) is 0 Å². The Labute approximate surface area is 65.3 Å². The Balaban J connectivity index is 2.12. The van der Waals surface area contributed by atoms with Crippen LogP contribution in [0.1, 0.15) is 12.8 Å². The van der Waals surface area contributed by atoms with Gasteiger partial charge >= 0.3 is 5.97 Å². The van der Waals surface area contributed by atoms with Crippen molar-refractivity contribution in [2.75, 3.05) is 13.2 Å². The molecule has 0 spiro atoms. The fourth-order valence-electron chi connectivity index (χ4n) is 1.21. The molecule has 1 rings (SSSR count). The zero-order chi connectivity index (χ0) is 8.27. The van der Waals surface area contributed by atoms with Crippen LogP contribution in [-0.2, 0) is 9.53 Å². The van der Waals surface area contributed by atoms with Gasteiger partial charge in [-0.25, -0.2) is 4.79 Å². The normalized spacial score (nSPS) is 29.5. The van der Waals surface area contributed by atoms with E-state index in [1.165, 1.54) is 0 Å². The maximum Gasteiger partial charge on any atom is 0.329 e. The smallest absolute Gasteiger partial charge is 0.329 e. The largest absolute Gasteiger partial charge is 0.480 e. The van der Waals surface area contributed by atoms with Crippen molar-refractivity contribution in [3.05, 3.63) is 0 Å². The molecule has 0 aromatic carbocycles. The SMILES string of the molecule is NC[C@H]1CC[C@H]1OCC(=O)O. The van der Waals surface area contributed by atoms with E-state index in [1.807, 2.05) is 0 Å². The fourth-order valence-corrected chi connectivity index (χ4v) is 1.21.